The Balaban J connectivity index is 2.85. The smallest absolute Gasteiger partial charge is 0.358 e. The van der Waals surface area contributed by atoms with Crippen LogP contribution in [0.1, 0.15) is 20.8 Å². The van der Waals surface area contributed by atoms with E-state index in [-0.39, 0.29) is 17.2 Å². The average molecular weight is 305 g/mol. The molecule has 0 atom stereocenters. The Morgan fingerprint density at radius 2 is 2.00 bits per heavy atom. The van der Waals surface area contributed by atoms with Gasteiger partial charge in [-0.25, -0.2) is 4.79 Å². The van der Waals surface area contributed by atoms with Crippen molar-refractivity contribution in [1.29, 1.82) is 0 Å². The maximum Gasteiger partial charge on any atom is 0.358 e. The molecule has 0 saturated heterocycles. The van der Waals surface area contributed by atoms with Gasteiger partial charge in [-0.15, -0.1) is 0 Å². The number of nitrogens with one attached hydrogen (secondary N) is 1. The number of amides is 3. The number of benzene rings is 1. The van der Waals surface area contributed by atoms with Gasteiger partial charge in [0.2, 0.25) is 0 Å². The molecule has 19 heavy (non-hydrogen) atoms. The van der Waals surface area contributed by atoms with Crippen LogP contribution < -0.4 is 10.2 Å². The van der Waals surface area contributed by atoms with Gasteiger partial charge in [-0.2, -0.15) is 0 Å². The van der Waals surface area contributed by atoms with E-state index in [4.69, 9.17) is 28.0 Å². The molecule has 1 N–H and O–H groups in total. The van der Waals surface area contributed by atoms with Gasteiger partial charge in [0, 0.05) is 16.6 Å². The number of imide groups is 1. The van der Waals surface area contributed by atoms with Crippen LogP contribution in [0, 0.1) is 0 Å². The maximum absolute atomic E-state index is 11.8. The highest BCUT2D eigenvalue weighted by atomic mass is 35.5. The van der Waals surface area contributed by atoms with E-state index >= 15 is 0 Å². The normalized spacial score (nSPS) is 10.8. The topological polar surface area (TPSA) is 58.6 Å². The van der Waals surface area contributed by atoms with Crippen molar-refractivity contribution in [2.24, 2.45) is 0 Å². The van der Waals surface area contributed by atoms with Crippen LogP contribution in [0.4, 0.5) is 4.79 Å². The van der Waals surface area contributed by atoms with Crippen molar-refractivity contribution in [3.05, 3.63) is 28.2 Å². The number of hydrogen-bond acceptors (Lipinski definition) is 3. The van der Waals surface area contributed by atoms with Crippen molar-refractivity contribution in [3.63, 3.8) is 0 Å². The highest BCUT2D eigenvalue weighted by Crippen LogP contribution is 2.28. The Morgan fingerprint density at radius 1 is 1.37 bits per heavy atom. The molecular weight excluding hydrogens is 291 g/mol. The second-order valence-corrected chi connectivity index (χ2v) is 5.62. The minimum absolute atomic E-state index is 0.116. The van der Waals surface area contributed by atoms with E-state index in [9.17, 15) is 9.59 Å². The van der Waals surface area contributed by atoms with Gasteiger partial charge in [0.05, 0.1) is 5.02 Å². The zero-order chi connectivity index (χ0) is 14.6. The van der Waals surface area contributed by atoms with E-state index in [0.717, 1.165) is 0 Å². The number of rotatable bonds is 3. The summed E-state index contributed by atoms with van der Waals surface area (Å²) < 4.78 is 0. The predicted molar refractivity (Wildman–Crippen MR) is 73.3 cm³/mol. The third kappa shape index (κ3) is 4.96. The molecule has 104 valence electrons. The molecule has 0 aromatic heterocycles. The lowest BCUT2D eigenvalue weighted by molar-refractivity contribution is -0.132. The van der Waals surface area contributed by atoms with Gasteiger partial charge in [-0.1, -0.05) is 28.3 Å². The van der Waals surface area contributed by atoms with Crippen LogP contribution in [0.25, 0.3) is 0 Å². The van der Waals surface area contributed by atoms with Crippen LogP contribution in [0.2, 0.25) is 10.0 Å². The van der Waals surface area contributed by atoms with Gasteiger partial charge < -0.3 is 10.2 Å². The Hall–Kier alpha value is -1.46. The second kappa shape index (κ2) is 6.12. The number of hydroxylamine groups is 2. The van der Waals surface area contributed by atoms with Crippen molar-refractivity contribution in [2.75, 3.05) is 0 Å². The van der Waals surface area contributed by atoms with Crippen LogP contribution in [-0.4, -0.2) is 23.0 Å². The van der Waals surface area contributed by atoms with Crippen molar-refractivity contribution < 1.29 is 14.4 Å². The van der Waals surface area contributed by atoms with Gasteiger partial charge in [0.1, 0.15) is 0 Å². The van der Waals surface area contributed by atoms with Gasteiger partial charge >= 0.3 is 6.03 Å². The van der Waals surface area contributed by atoms with E-state index in [0.29, 0.717) is 10.1 Å². The summed E-state index contributed by atoms with van der Waals surface area (Å²) in [5.41, 5.74) is -0.500. The molecule has 7 heteroatoms. The van der Waals surface area contributed by atoms with E-state index < -0.39 is 11.6 Å². The first kappa shape index (κ1) is 15.6. The van der Waals surface area contributed by atoms with Crippen LogP contribution in [0.5, 0.6) is 5.75 Å². The van der Waals surface area contributed by atoms with Crippen molar-refractivity contribution in [3.8, 4) is 5.75 Å². The minimum atomic E-state index is -0.696. The Labute approximate surface area is 121 Å². The van der Waals surface area contributed by atoms with Crippen molar-refractivity contribution in [1.82, 2.24) is 10.4 Å². The number of carbonyl (C=O) groups is 2. The Bertz CT molecular complexity index is 486. The molecule has 0 radical (unpaired) electrons. The summed E-state index contributed by atoms with van der Waals surface area (Å²) in [5, 5.41) is 3.71. The van der Waals surface area contributed by atoms with E-state index in [1.54, 1.807) is 26.8 Å². The number of halogens is 2. The lowest BCUT2D eigenvalue weighted by Gasteiger charge is -2.24. The fourth-order valence-electron chi connectivity index (χ4n) is 1.14. The Kier molecular flexibility index (Phi) is 5.03. The summed E-state index contributed by atoms with van der Waals surface area (Å²) in [6.45, 7) is 5.33. The van der Waals surface area contributed by atoms with E-state index in [1.165, 1.54) is 12.1 Å². The molecule has 0 heterocycles. The van der Waals surface area contributed by atoms with Crippen molar-refractivity contribution >= 4 is 35.6 Å². The summed E-state index contributed by atoms with van der Waals surface area (Å²) in [6.07, 6.45) is 0.248. The third-order valence-electron chi connectivity index (χ3n) is 1.87. The first-order valence-electron chi connectivity index (χ1n) is 5.42. The number of urea groups is 1. The molecular formula is C12H14Cl2N2O3. The molecule has 0 spiro atoms. The molecule has 0 saturated carbocycles. The predicted octanol–water partition coefficient (Wildman–Crippen LogP) is 3.25. The molecule has 0 aliphatic heterocycles. The largest absolute Gasteiger partial charge is 0.366 e. The molecule has 5 nitrogen and oxygen atoms in total. The van der Waals surface area contributed by atoms with E-state index in [1.807, 2.05) is 0 Å². The summed E-state index contributed by atoms with van der Waals surface area (Å²) in [5.74, 6) is 0.116. The molecule has 1 aromatic rings. The second-order valence-electron chi connectivity index (χ2n) is 4.78. The molecule has 1 rings (SSSR count). The quantitative estimate of drug-likeness (QED) is 0.689. The molecule has 0 fully saturated rings. The van der Waals surface area contributed by atoms with Gasteiger partial charge in [-0.3, -0.25) is 4.79 Å². The number of hydrogen-bond donors (Lipinski definition) is 1. The molecule has 1 aromatic carbocycles. The standard InChI is InChI=1S/C12H14Cl2N2O3/c1-12(2,3)15-11(18)16(7-17)19-10-6-8(13)4-5-9(10)14/h4-7H,1-3H3,(H,15,18). The lowest BCUT2D eigenvalue weighted by Crippen LogP contribution is -2.49. The Morgan fingerprint density at radius 3 is 2.53 bits per heavy atom. The van der Waals surface area contributed by atoms with Crippen LogP contribution in [0.3, 0.4) is 0 Å². The molecule has 0 aliphatic rings. The molecule has 3 amide bonds. The van der Waals surface area contributed by atoms with Crippen LogP contribution >= 0.6 is 23.2 Å². The van der Waals surface area contributed by atoms with Crippen LogP contribution in [0.15, 0.2) is 18.2 Å². The zero-order valence-electron chi connectivity index (χ0n) is 10.7. The van der Waals surface area contributed by atoms with E-state index in [2.05, 4.69) is 5.32 Å². The SMILES string of the molecule is CC(C)(C)NC(=O)N(C=O)Oc1cc(Cl)ccc1Cl. The van der Waals surface area contributed by atoms with Gasteiger partial charge in [0.15, 0.2) is 5.75 Å². The number of nitrogens with zero attached hydrogens (tertiary/aromatic N) is 1. The molecule has 0 unspecified atom stereocenters. The minimum Gasteiger partial charge on any atom is -0.366 e. The van der Waals surface area contributed by atoms with Crippen molar-refractivity contribution in [2.45, 2.75) is 26.3 Å². The first-order valence-corrected chi connectivity index (χ1v) is 6.18. The molecule has 0 bridgehead atoms. The maximum atomic E-state index is 11.8. The third-order valence-corrected chi connectivity index (χ3v) is 2.42. The number of carbonyl (C=O) groups excluding carboxylic acids is 2. The summed E-state index contributed by atoms with van der Waals surface area (Å²) in [7, 11) is 0. The summed E-state index contributed by atoms with van der Waals surface area (Å²) in [4.78, 5) is 27.8. The summed E-state index contributed by atoms with van der Waals surface area (Å²) in [6, 6.07) is 3.78. The fourth-order valence-corrected chi connectivity index (χ4v) is 1.45. The average Bonchev–Trinajstić information content (AvgIpc) is 2.27. The van der Waals surface area contributed by atoms with Gasteiger partial charge in [0.25, 0.3) is 6.41 Å². The van der Waals surface area contributed by atoms with Gasteiger partial charge in [-0.05, 0) is 32.9 Å². The lowest BCUT2D eigenvalue weighted by atomic mass is 10.1. The first-order chi connectivity index (χ1) is 8.73. The zero-order valence-corrected chi connectivity index (χ0v) is 12.2. The van der Waals surface area contributed by atoms with Crippen LogP contribution in [-0.2, 0) is 4.79 Å². The highest BCUT2D eigenvalue weighted by Gasteiger charge is 2.21. The summed E-state index contributed by atoms with van der Waals surface area (Å²) >= 11 is 11.7. The monoisotopic (exact) mass is 304 g/mol. The highest BCUT2D eigenvalue weighted by molar-refractivity contribution is 6.34. The molecule has 0 aliphatic carbocycles. The fraction of sp³-hybridized carbons (Fsp3) is 0.333.